The van der Waals surface area contributed by atoms with Gasteiger partial charge < -0.3 is 0 Å². The van der Waals surface area contributed by atoms with Gasteiger partial charge in [-0.1, -0.05) is 50.6 Å². The van der Waals surface area contributed by atoms with Crippen LogP contribution in [0.2, 0.25) is 0 Å². The lowest BCUT2D eigenvalue weighted by Crippen LogP contribution is -2.20. The third kappa shape index (κ3) is 2.63. The minimum atomic E-state index is -1.06. The predicted molar refractivity (Wildman–Crippen MR) is 102 cm³/mol. The van der Waals surface area contributed by atoms with Crippen molar-refractivity contribution in [2.24, 2.45) is 0 Å². The average Bonchev–Trinajstić information content (AvgIpc) is 3.18. The summed E-state index contributed by atoms with van der Waals surface area (Å²) in [7, 11) is -1.06. The SMILES string of the molecule is Cc1cc(C)c([P+]2(c3ccc(C(C)(C)C)cc3)CC2)c(C)c1. The normalized spacial score (nSPS) is 16.6. The Hall–Kier alpha value is -1.13. The zero-order valence-corrected chi connectivity index (χ0v) is 15.7. The highest BCUT2D eigenvalue weighted by atomic mass is 31.2. The Balaban J connectivity index is 2.05. The van der Waals surface area contributed by atoms with E-state index in [4.69, 9.17) is 0 Å². The molecule has 0 N–H and O–H groups in total. The zero-order valence-electron chi connectivity index (χ0n) is 14.8. The van der Waals surface area contributed by atoms with E-state index in [2.05, 4.69) is 77.9 Å². The smallest absolute Gasteiger partial charge is 0.0561 e. The van der Waals surface area contributed by atoms with E-state index >= 15 is 0 Å². The molecule has 0 spiro atoms. The number of hydrogen-bond acceptors (Lipinski definition) is 0. The van der Waals surface area contributed by atoms with Crippen LogP contribution in [0.3, 0.4) is 0 Å². The second-order valence-electron chi connectivity index (χ2n) is 7.96. The second kappa shape index (κ2) is 5.20. The monoisotopic (exact) mass is 311 g/mol. The van der Waals surface area contributed by atoms with Crippen LogP contribution in [0, 0.1) is 20.8 Å². The highest BCUT2D eigenvalue weighted by molar-refractivity contribution is 7.95. The first-order valence-corrected chi connectivity index (χ1v) is 10.5. The van der Waals surface area contributed by atoms with Crippen LogP contribution in [0.1, 0.15) is 43.0 Å². The van der Waals surface area contributed by atoms with Gasteiger partial charge in [0.1, 0.15) is 17.6 Å². The Labute approximate surface area is 136 Å². The van der Waals surface area contributed by atoms with Crippen LogP contribution in [-0.2, 0) is 5.41 Å². The largest absolute Gasteiger partial charge is 0.105 e. The summed E-state index contributed by atoms with van der Waals surface area (Å²) in [5.74, 6) is 0. The van der Waals surface area contributed by atoms with Gasteiger partial charge in [-0.15, -0.1) is 0 Å². The fourth-order valence-corrected chi connectivity index (χ4v) is 8.03. The number of rotatable bonds is 2. The molecule has 0 atom stereocenters. The van der Waals surface area contributed by atoms with Crippen LogP contribution < -0.4 is 10.6 Å². The summed E-state index contributed by atoms with van der Waals surface area (Å²) in [6.45, 7) is 13.7. The lowest BCUT2D eigenvalue weighted by molar-refractivity contribution is 0.590. The predicted octanol–water partition coefficient (Wildman–Crippen LogP) is 4.89. The van der Waals surface area contributed by atoms with Gasteiger partial charge >= 0.3 is 0 Å². The fourth-order valence-electron chi connectivity index (χ4n) is 3.81. The molecule has 3 rings (SSSR count). The molecule has 1 aliphatic heterocycles. The summed E-state index contributed by atoms with van der Waals surface area (Å²) in [5.41, 5.74) is 6.07. The van der Waals surface area contributed by atoms with Gasteiger partial charge in [0, 0.05) is 0 Å². The van der Waals surface area contributed by atoms with E-state index in [-0.39, 0.29) is 5.41 Å². The molecule has 2 aromatic rings. The average molecular weight is 311 g/mol. The highest BCUT2D eigenvalue weighted by Gasteiger charge is 2.57. The molecule has 1 saturated heterocycles. The molecule has 116 valence electrons. The summed E-state index contributed by atoms with van der Waals surface area (Å²) in [6, 6.07) is 14.3. The highest BCUT2D eigenvalue weighted by Crippen LogP contribution is 2.70. The molecule has 22 heavy (non-hydrogen) atoms. The summed E-state index contributed by atoms with van der Waals surface area (Å²) in [5, 5.41) is 3.29. The molecule has 1 heteroatoms. The Morgan fingerprint density at radius 3 is 1.73 bits per heavy atom. The molecule has 0 saturated carbocycles. The van der Waals surface area contributed by atoms with Crippen molar-refractivity contribution in [3.63, 3.8) is 0 Å². The van der Waals surface area contributed by atoms with Gasteiger partial charge in [-0.25, -0.2) is 0 Å². The molecule has 0 bridgehead atoms. The molecular formula is C21H28P+. The molecule has 0 amide bonds. The van der Waals surface area contributed by atoms with E-state index in [1.807, 2.05) is 0 Å². The van der Waals surface area contributed by atoms with Crippen LogP contribution in [0.25, 0.3) is 0 Å². The molecule has 1 heterocycles. The van der Waals surface area contributed by atoms with E-state index in [0.29, 0.717) is 0 Å². The van der Waals surface area contributed by atoms with E-state index in [1.54, 1.807) is 10.6 Å². The Morgan fingerprint density at radius 2 is 1.32 bits per heavy atom. The molecule has 0 nitrogen and oxygen atoms in total. The Kier molecular flexibility index (Phi) is 3.73. The number of aryl methyl sites for hydroxylation is 3. The van der Waals surface area contributed by atoms with Crippen molar-refractivity contribution < 1.29 is 0 Å². The quantitative estimate of drug-likeness (QED) is 0.693. The van der Waals surface area contributed by atoms with Crippen LogP contribution in [0.15, 0.2) is 36.4 Å². The Morgan fingerprint density at radius 1 is 0.818 bits per heavy atom. The van der Waals surface area contributed by atoms with Crippen molar-refractivity contribution in [2.75, 3.05) is 12.3 Å². The lowest BCUT2D eigenvalue weighted by Gasteiger charge is -2.20. The summed E-state index contributed by atoms with van der Waals surface area (Å²) < 4.78 is 0. The molecule has 0 radical (unpaired) electrons. The minimum absolute atomic E-state index is 0.239. The van der Waals surface area contributed by atoms with Crippen LogP contribution in [0.4, 0.5) is 0 Å². The van der Waals surface area contributed by atoms with Crippen molar-refractivity contribution in [1.29, 1.82) is 0 Å². The van der Waals surface area contributed by atoms with E-state index in [9.17, 15) is 0 Å². The van der Waals surface area contributed by atoms with E-state index in [0.717, 1.165) is 0 Å². The third-order valence-corrected chi connectivity index (χ3v) is 9.15. The van der Waals surface area contributed by atoms with Crippen molar-refractivity contribution >= 4 is 17.9 Å². The second-order valence-corrected chi connectivity index (χ2v) is 11.8. The van der Waals surface area contributed by atoms with Crippen molar-refractivity contribution in [1.82, 2.24) is 0 Å². The van der Waals surface area contributed by atoms with Gasteiger partial charge in [-0.3, -0.25) is 0 Å². The van der Waals surface area contributed by atoms with Gasteiger partial charge in [0.2, 0.25) is 0 Å². The van der Waals surface area contributed by atoms with Crippen molar-refractivity contribution in [3.8, 4) is 0 Å². The first-order chi connectivity index (χ1) is 10.2. The maximum absolute atomic E-state index is 2.42. The van der Waals surface area contributed by atoms with Crippen LogP contribution in [0.5, 0.6) is 0 Å². The molecule has 2 aromatic carbocycles. The molecule has 0 unspecified atom stereocenters. The van der Waals surface area contributed by atoms with Gasteiger partial charge in [0.15, 0.2) is 0 Å². The molecule has 0 aliphatic carbocycles. The minimum Gasteiger partial charge on any atom is -0.0561 e. The standard InChI is InChI=1S/C21H28P/c1-15-13-16(2)20(17(3)14-15)22(11-12-22)19-9-7-18(8-10-19)21(4,5)6/h7-10,13-14H,11-12H2,1-6H3/q+1. The van der Waals surface area contributed by atoms with Gasteiger partial charge in [0.05, 0.1) is 12.6 Å². The van der Waals surface area contributed by atoms with Gasteiger partial charge in [-0.05, 0) is 55.0 Å². The number of benzene rings is 2. The first kappa shape index (κ1) is 15.8. The Bertz CT molecular complexity index is 675. The number of hydrogen-bond donors (Lipinski definition) is 0. The third-order valence-electron chi connectivity index (χ3n) is 4.96. The summed E-state index contributed by atoms with van der Waals surface area (Å²) >= 11 is 0. The molecule has 1 aliphatic rings. The van der Waals surface area contributed by atoms with Crippen molar-refractivity contribution in [2.45, 2.75) is 47.0 Å². The van der Waals surface area contributed by atoms with Gasteiger partial charge in [-0.2, -0.15) is 0 Å². The molecule has 0 aromatic heterocycles. The zero-order chi connectivity index (χ0) is 16.1. The van der Waals surface area contributed by atoms with Gasteiger partial charge in [0.25, 0.3) is 0 Å². The van der Waals surface area contributed by atoms with Crippen LogP contribution in [-0.4, -0.2) is 12.3 Å². The topological polar surface area (TPSA) is 0 Å². The van der Waals surface area contributed by atoms with Crippen molar-refractivity contribution in [3.05, 3.63) is 58.7 Å². The lowest BCUT2D eigenvalue weighted by atomic mass is 9.87. The van der Waals surface area contributed by atoms with E-state index in [1.165, 1.54) is 34.6 Å². The molecule has 1 fully saturated rings. The fraction of sp³-hybridized carbons (Fsp3) is 0.429. The van der Waals surface area contributed by atoms with E-state index < -0.39 is 7.26 Å². The van der Waals surface area contributed by atoms with Crippen LogP contribution >= 0.6 is 7.26 Å². The maximum atomic E-state index is 2.42. The summed E-state index contributed by atoms with van der Waals surface area (Å²) in [6.07, 6.45) is 2.79. The molecular weight excluding hydrogens is 283 g/mol. The first-order valence-electron chi connectivity index (χ1n) is 8.31. The summed E-state index contributed by atoms with van der Waals surface area (Å²) in [4.78, 5) is 0. The maximum Gasteiger partial charge on any atom is 0.105 e.